The summed E-state index contributed by atoms with van der Waals surface area (Å²) in [4.78, 5) is 38.8. The van der Waals surface area contributed by atoms with Gasteiger partial charge in [-0.15, -0.1) is 0 Å². The molecule has 178 valence electrons. The third-order valence-electron chi connectivity index (χ3n) is 7.11. The monoisotopic (exact) mass is 464 g/mol. The molecule has 2 aromatic carbocycles. The summed E-state index contributed by atoms with van der Waals surface area (Å²) in [6.07, 6.45) is 0.487. The molecule has 2 saturated heterocycles. The van der Waals surface area contributed by atoms with E-state index in [1.165, 1.54) is 0 Å². The number of nitrogens with zero attached hydrogens (tertiary/aromatic N) is 1. The standard InChI is InChI=1S/C26H28N2O6/c29-24(30)13-22(25(31)28-11-9-23-16(14-28)10-12-33-23)27-26(32)34-15-21-19-7-3-1-5-17(19)18-6-2-4-8-20(18)21/h1-8,16,21-23H,9-15H2,(H,27,32)(H,29,30)/t16-,22?,23+/m0/s1. The summed E-state index contributed by atoms with van der Waals surface area (Å²) < 4.78 is 11.2. The molecule has 3 aliphatic rings. The van der Waals surface area contributed by atoms with Crippen molar-refractivity contribution in [3.63, 3.8) is 0 Å². The molecule has 2 N–H and O–H groups in total. The largest absolute Gasteiger partial charge is 0.481 e. The fourth-order valence-electron chi connectivity index (χ4n) is 5.46. The van der Waals surface area contributed by atoms with Crippen LogP contribution in [-0.2, 0) is 19.1 Å². The summed E-state index contributed by atoms with van der Waals surface area (Å²) in [5.74, 6) is -1.40. The minimum atomic E-state index is -1.17. The third-order valence-corrected chi connectivity index (χ3v) is 7.11. The van der Waals surface area contributed by atoms with Gasteiger partial charge in [0.2, 0.25) is 5.91 Å². The molecule has 0 aromatic heterocycles. The van der Waals surface area contributed by atoms with Gasteiger partial charge in [0.1, 0.15) is 12.6 Å². The van der Waals surface area contributed by atoms with Crippen LogP contribution in [0.25, 0.3) is 11.1 Å². The number of hydrogen-bond donors (Lipinski definition) is 2. The Kier molecular flexibility index (Phi) is 6.24. The topological polar surface area (TPSA) is 105 Å². The number of carboxylic acids is 1. The number of hydrogen-bond acceptors (Lipinski definition) is 5. The molecule has 1 unspecified atom stereocenters. The van der Waals surface area contributed by atoms with Crippen LogP contribution >= 0.6 is 0 Å². The molecule has 5 rings (SSSR count). The summed E-state index contributed by atoms with van der Waals surface area (Å²) in [7, 11) is 0. The number of carbonyl (C=O) groups excluding carboxylic acids is 2. The van der Waals surface area contributed by atoms with Gasteiger partial charge < -0.3 is 24.8 Å². The number of amides is 2. The van der Waals surface area contributed by atoms with Gasteiger partial charge in [-0.05, 0) is 35.1 Å². The van der Waals surface area contributed by atoms with Crippen molar-refractivity contribution in [3.05, 3.63) is 59.7 Å². The first-order valence-electron chi connectivity index (χ1n) is 11.7. The number of nitrogens with one attached hydrogen (secondary N) is 1. The van der Waals surface area contributed by atoms with Gasteiger partial charge in [-0.2, -0.15) is 0 Å². The second-order valence-corrected chi connectivity index (χ2v) is 9.15. The quantitative estimate of drug-likeness (QED) is 0.681. The fraction of sp³-hybridized carbons (Fsp3) is 0.423. The molecule has 3 atom stereocenters. The van der Waals surface area contributed by atoms with Crippen LogP contribution in [0, 0.1) is 5.92 Å². The second-order valence-electron chi connectivity index (χ2n) is 9.15. The highest BCUT2D eigenvalue weighted by atomic mass is 16.5. The maximum absolute atomic E-state index is 13.1. The van der Waals surface area contributed by atoms with E-state index in [9.17, 15) is 19.5 Å². The van der Waals surface area contributed by atoms with E-state index in [1.807, 2.05) is 48.5 Å². The Bertz CT molecular complexity index is 1060. The molecule has 8 heteroatoms. The molecular formula is C26H28N2O6. The lowest BCUT2D eigenvalue weighted by Gasteiger charge is -2.36. The molecule has 0 saturated carbocycles. The maximum atomic E-state index is 13.1. The number of ether oxygens (including phenoxy) is 2. The summed E-state index contributed by atoms with van der Waals surface area (Å²) in [6, 6.07) is 14.8. The molecule has 8 nitrogen and oxygen atoms in total. The van der Waals surface area contributed by atoms with Crippen LogP contribution in [0.1, 0.15) is 36.3 Å². The zero-order valence-corrected chi connectivity index (χ0v) is 18.8. The SMILES string of the molecule is O=C(O)CC(NC(=O)OCC1c2ccccc2-c2ccccc21)C(=O)N1CC[C@H]2OCC[C@H]2C1. The van der Waals surface area contributed by atoms with Crippen molar-refractivity contribution in [2.45, 2.75) is 37.3 Å². The van der Waals surface area contributed by atoms with Crippen molar-refractivity contribution in [2.24, 2.45) is 5.92 Å². The number of alkyl carbamates (subject to hydrolysis) is 1. The minimum absolute atomic E-state index is 0.0959. The molecule has 0 bridgehead atoms. The molecule has 2 amide bonds. The van der Waals surface area contributed by atoms with Crippen LogP contribution in [0.15, 0.2) is 48.5 Å². The molecule has 34 heavy (non-hydrogen) atoms. The van der Waals surface area contributed by atoms with E-state index in [2.05, 4.69) is 5.32 Å². The number of piperidine rings is 1. The van der Waals surface area contributed by atoms with Gasteiger partial charge in [0.25, 0.3) is 0 Å². The van der Waals surface area contributed by atoms with Crippen molar-refractivity contribution in [1.82, 2.24) is 10.2 Å². The zero-order chi connectivity index (χ0) is 23.7. The maximum Gasteiger partial charge on any atom is 0.407 e. The molecular weight excluding hydrogens is 436 g/mol. The predicted octanol–water partition coefficient (Wildman–Crippen LogP) is 3.01. The van der Waals surface area contributed by atoms with Crippen LogP contribution in [0.5, 0.6) is 0 Å². The van der Waals surface area contributed by atoms with Crippen LogP contribution < -0.4 is 5.32 Å². The molecule has 2 fully saturated rings. The van der Waals surface area contributed by atoms with Gasteiger partial charge in [-0.25, -0.2) is 4.79 Å². The Labute approximate surface area is 197 Å². The van der Waals surface area contributed by atoms with E-state index in [0.29, 0.717) is 19.7 Å². The van der Waals surface area contributed by atoms with Gasteiger partial charge in [-0.1, -0.05) is 48.5 Å². The highest BCUT2D eigenvalue weighted by Crippen LogP contribution is 2.44. The highest BCUT2D eigenvalue weighted by molar-refractivity contribution is 5.89. The zero-order valence-electron chi connectivity index (χ0n) is 18.8. The van der Waals surface area contributed by atoms with Crippen molar-refractivity contribution in [2.75, 3.05) is 26.3 Å². The van der Waals surface area contributed by atoms with Crippen molar-refractivity contribution in [1.29, 1.82) is 0 Å². The number of likely N-dealkylation sites (tertiary alicyclic amines) is 1. The number of benzene rings is 2. The number of rotatable bonds is 6. The van der Waals surface area contributed by atoms with E-state index in [4.69, 9.17) is 9.47 Å². The van der Waals surface area contributed by atoms with Gasteiger partial charge in [-0.3, -0.25) is 9.59 Å². The van der Waals surface area contributed by atoms with E-state index in [-0.39, 0.29) is 30.5 Å². The third kappa shape index (κ3) is 4.37. The van der Waals surface area contributed by atoms with Gasteiger partial charge >= 0.3 is 12.1 Å². The predicted molar refractivity (Wildman–Crippen MR) is 123 cm³/mol. The van der Waals surface area contributed by atoms with E-state index >= 15 is 0 Å². The Balaban J connectivity index is 1.24. The Morgan fingerprint density at radius 3 is 2.41 bits per heavy atom. The van der Waals surface area contributed by atoms with Crippen LogP contribution in [-0.4, -0.2) is 66.4 Å². The van der Waals surface area contributed by atoms with E-state index in [1.54, 1.807) is 4.90 Å². The lowest BCUT2D eigenvalue weighted by atomic mass is 9.93. The van der Waals surface area contributed by atoms with Crippen LogP contribution in [0.2, 0.25) is 0 Å². The van der Waals surface area contributed by atoms with Crippen molar-refractivity contribution in [3.8, 4) is 11.1 Å². The van der Waals surface area contributed by atoms with Crippen LogP contribution in [0.3, 0.4) is 0 Å². The Hall–Kier alpha value is -3.39. The van der Waals surface area contributed by atoms with E-state index < -0.39 is 24.5 Å². The lowest BCUT2D eigenvalue weighted by Crippen LogP contribution is -2.53. The van der Waals surface area contributed by atoms with E-state index in [0.717, 1.165) is 35.1 Å². The average Bonchev–Trinajstić information content (AvgIpc) is 3.43. The van der Waals surface area contributed by atoms with Crippen molar-refractivity contribution >= 4 is 18.0 Å². The number of fused-ring (bicyclic) bond motifs is 4. The minimum Gasteiger partial charge on any atom is -0.481 e. The number of carboxylic acid groups (broad SMARTS) is 1. The first kappa shape index (κ1) is 22.4. The summed E-state index contributed by atoms with van der Waals surface area (Å²) >= 11 is 0. The Morgan fingerprint density at radius 1 is 1.06 bits per heavy atom. The summed E-state index contributed by atoms with van der Waals surface area (Å²) in [6.45, 7) is 1.79. The normalized spacial score (nSPS) is 21.8. The smallest absolute Gasteiger partial charge is 0.407 e. The van der Waals surface area contributed by atoms with Gasteiger partial charge in [0, 0.05) is 31.5 Å². The molecule has 0 spiro atoms. The molecule has 2 aromatic rings. The first-order valence-corrected chi connectivity index (χ1v) is 11.7. The summed E-state index contributed by atoms with van der Waals surface area (Å²) in [5.41, 5.74) is 4.39. The lowest BCUT2D eigenvalue weighted by molar-refractivity contribution is -0.143. The van der Waals surface area contributed by atoms with Crippen molar-refractivity contribution < 1.29 is 29.0 Å². The first-order chi connectivity index (χ1) is 16.5. The van der Waals surface area contributed by atoms with Gasteiger partial charge in [0.15, 0.2) is 0 Å². The summed E-state index contributed by atoms with van der Waals surface area (Å²) in [5, 5.41) is 11.8. The molecule has 2 aliphatic heterocycles. The fourth-order valence-corrected chi connectivity index (χ4v) is 5.46. The second kappa shape index (κ2) is 9.46. The average molecular weight is 465 g/mol. The molecule has 0 radical (unpaired) electrons. The highest BCUT2D eigenvalue weighted by Gasteiger charge is 2.38. The number of carbonyl (C=O) groups is 3. The molecule has 2 heterocycles. The Morgan fingerprint density at radius 2 is 1.74 bits per heavy atom. The van der Waals surface area contributed by atoms with Gasteiger partial charge in [0.05, 0.1) is 12.5 Å². The molecule has 1 aliphatic carbocycles. The van der Waals surface area contributed by atoms with Crippen LogP contribution in [0.4, 0.5) is 4.79 Å². The number of aliphatic carboxylic acids is 1.